The van der Waals surface area contributed by atoms with Crippen molar-refractivity contribution in [2.45, 2.75) is 25.4 Å². The molecule has 1 unspecified atom stereocenters. The minimum atomic E-state index is -0.540. The molecule has 1 atom stereocenters. The Kier molecular flexibility index (Phi) is 1.88. The first-order valence-electron chi connectivity index (χ1n) is 4.41. The predicted octanol–water partition coefficient (Wildman–Crippen LogP) is 1.47. The van der Waals surface area contributed by atoms with Crippen molar-refractivity contribution in [1.29, 1.82) is 0 Å². The van der Waals surface area contributed by atoms with Gasteiger partial charge in [-0.3, -0.25) is 0 Å². The number of aliphatic hydroxyl groups excluding tert-OH is 1. The zero-order valence-corrected chi connectivity index (χ0v) is 7.20. The van der Waals surface area contributed by atoms with Crippen LogP contribution in [0.15, 0.2) is 12.1 Å². The summed E-state index contributed by atoms with van der Waals surface area (Å²) in [5.41, 5.74) is 1.44. The fourth-order valence-electron chi connectivity index (χ4n) is 1.86. The average Bonchev–Trinajstić information content (AvgIpc) is 2.07. The van der Waals surface area contributed by atoms with Crippen molar-refractivity contribution in [3.63, 3.8) is 0 Å². The molecule has 0 bridgehead atoms. The van der Waals surface area contributed by atoms with Crippen LogP contribution in [0.4, 0.5) is 0 Å². The largest absolute Gasteiger partial charge is 0.508 e. The lowest BCUT2D eigenvalue weighted by Crippen LogP contribution is -2.08. The summed E-state index contributed by atoms with van der Waals surface area (Å²) in [6.07, 6.45) is 1.82. The van der Waals surface area contributed by atoms with E-state index in [2.05, 4.69) is 0 Å². The van der Waals surface area contributed by atoms with Crippen molar-refractivity contribution in [2.75, 3.05) is 0 Å². The number of hydrogen-bond donors (Lipinski definition) is 3. The maximum absolute atomic E-state index is 9.59. The first-order chi connectivity index (χ1) is 6.18. The number of benzene rings is 1. The molecule has 13 heavy (non-hydrogen) atoms. The van der Waals surface area contributed by atoms with Gasteiger partial charge in [-0.15, -0.1) is 0 Å². The molecule has 1 aliphatic rings. The van der Waals surface area contributed by atoms with E-state index in [9.17, 15) is 15.3 Å². The number of phenolic OH excluding ortho intramolecular Hbond substituents is 2. The first-order valence-corrected chi connectivity index (χ1v) is 4.41. The summed E-state index contributed by atoms with van der Waals surface area (Å²) in [6, 6.07) is 2.84. The topological polar surface area (TPSA) is 60.7 Å². The van der Waals surface area contributed by atoms with E-state index >= 15 is 0 Å². The molecule has 1 aliphatic carbocycles. The van der Waals surface area contributed by atoms with Gasteiger partial charge in [0.05, 0.1) is 6.10 Å². The molecule has 1 aromatic carbocycles. The van der Waals surface area contributed by atoms with Crippen LogP contribution in [-0.4, -0.2) is 15.3 Å². The molecule has 0 aliphatic heterocycles. The minimum absolute atomic E-state index is 0.0113. The quantitative estimate of drug-likeness (QED) is 0.566. The summed E-state index contributed by atoms with van der Waals surface area (Å²) in [5.74, 6) is 0.103. The highest BCUT2D eigenvalue weighted by Gasteiger charge is 2.21. The minimum Gasteiger partial charge on any atom is -0.508 e. The second kappa shape index (κ2) is 2.92. The van der Waals surface area contributed by atoms with E-state index in [-0.39, 0.29) is 11.5 Å². The van der Waals surface area contributed by atoms with Gasteiger partial charge in [0.15, 0.2) is 0 Å². The molecule has 0 saturated heterocycles. The Bertz CT molecular complexity index is 333. The molecule has 0 radical (unpaired) electrons. The van der Waals surface area contributed by atoms with Crippen LogP contribution in [0.1, 0.15) is 30.1 Å². The van der Waals surface area contributed by atoms with E-state index in [4.69, 9.17) is 0 Å². The third kappa shape index (κ3) is 1.35. The van der Waals surface area contributed by atoms with Crippen LogP contribution in [0.3, 0.4) is 0 Å². The van der Waals surface area contributed by atoms with Crippen LogP contribution in [0.2, 0.25) is 0 Å². The van der Waals surface area contributed by atoms with E-state index < -0.39 is 6.10 Å². The number of aromatic hydroxyl groups is 2. The lowest BCUT2D eigenvalue weighted by molar-refractivity contribution is 0.155. The number of phenols is 2. The lowest BCUT2D eigenvalue weighted by Gasteiger charge is -2.22. The Labute approximate surface area is 76.3 Å². The number of rotatable bonds is 0. The summed E-state index contributed by atoms with van der Waals surface area (Å²) in [5, 5.41) is 28.3. The Morgan fingerprint density at radius 1 is 1.23 bits per heavy atom. The van der Waals surface area contributed by atoms with E-state index in [0.29, 0.717) is 12.0 Å². The third-order valence-corrected chi connectivity index (χ3v) is 2.51. The molecule has 0 saturated carbocycles. The van der Waals surface area contributed by atoms with Crippen molar-refractivity contribution in [3.05, 3.63) is 23.3 Å². The fraction of sp³-hybridized carbons (Fsp3) is 0.400. The highest BCUT2D eigenvalue weighted by atomic mass is 16.3. The summed E-state index contributed by atoms with van der Waals surface area (Å²) in [6.45, 7) is 0. The molecule has 2 rings (SSSR count). The van der Waals surface area contributed by atoms with Gasteiger partial charge in [0.1, 0.15) is 11.5 Å². The van der Waals surface area contributed by atoms with Gasteiger partial charge in [-0.1, -0.05) is 0 Å². The van der Waals surface area contributed by atoms with Gasteiger partial charge < -0.3 is 15.3 Å². The van der Waals surface area contributed by atoms with Gasteiger partial charge in [-0.2, -0.15) is 0 Å². The van der Waals surface area contributed by atoms with E-state index in [1.165, 1.54) is 12.1 Å². The monoisotopic (exact) mass is 180 g/mol. The van der Waals surface area contributed by atoms with Crippen LogP contribution in [0, 0.1) is 0 Å². The molecule has 0 heterocycles. The highest BCUT2D eigenvalue weighted by Crippen LogP contribution is 2.37. The highest BCUT2D eigenvalue weighted by molar-refractivity contribution is 5.47. The molecule has 3 N–H and O–H groups in total. The maximum Gasteiger partial charge on any atom is 0.122 e. The molecule has 3 heteroatoms. The maximum atomic E-state index is 9.59. The van der Waals surface area contributed by atoms with Crippen LogP contribution in [0.25, 0.3) is 0 Å². The van der Waals surface area contributed by atoms with Crippen molar-refractivity contribution in [1.82, 2.24) is 0 Å². The lowest BCUT2D eigenvalue weighted by atomic mass is 9.88. The number of hydrogen-bond acceptors (Lipinski definition) is 3. The number of fused-ring (bicyclic) bond motifs is 1. The van der Waals surface area contributed by atoms with E-state index in [1.807, 2.05) is 0 Å². The van der Waals surface area contributed by atoms with Crippen molar-refractivity contribution in [2.24, 2.45) is 0 Å². The van der Waals surface area contributed by atoms with E-state index in [0.717, 1.165) is 18.4 Å². The molecule has 1 aromatic rings. The van der Waals surface area contributed by atoms with Crippen molar-refractivity contribution >= 4 is 0 Å². The third-order valence-electron chi connectivity index (χ3n) is 2.51. The second-order valence-corrected chi connectivity index (χ2v) is 3.44. The summed E-state index contributed by atoms with van der Waals surface area (Å²) < 4.78 is 0. The van der Waals surface area contributed by atoms with Crippen molar-refractivity contribution < 1.29 is 15.3 Å². The molecule has 0 aromatic heterocycles. The summed E-state index contributed by atoms with van der Waals surface area (Å²) in [7, 11) is 0. The Hall–Kier alpha value is -1.22. The van der Waals surface area contributed by atoms with Crippen LogP contribution >= 0.6 is 0 Å². The second-order valence-electron chi connectivity index (χ2n) is 3.44. The molecule has 70 valence electrons. The molecular weight excluding hydrogens is 168 g/mol. The molecule has 0 amide bonds. The Balaban J connectivity index is 2.56. The molecule has 0 spiro atoms. The van der Waals surface area contributed by atoms with Gasteiger partial charge >= 0.3 is 0 Å². The molecule has 3 nitrogen and oxygen atoms in total. The van der Waals surface area contributed by atoms with Crippen LogP contribution in [-0.2, 0) is 6.42 Å². The summed E-state index contributed by atoms with van der Waals surface area (Å²) >= 11 is 0. The first kappa shape index (κ1) is 8.38. The van der Waals surface area contributed by atoms with Gasteiger partial charge in [-0.25, -0.2) is 0 Å². The Morgan fingerprint density at radius 3 is 2.77 bits per heavy atom. The summed E-state index contributed by atoms with van der Waals surface area (Å²) in [4.78, 5) is 0. The zero-order chi connectivity index (χ0) is 9.42. The predicted molar refractivity (Wildman–Crippen MR) is 47.7 cm³/mol. The standard InChI is InChI=1S/C10H12O3/c11-6-4-8-7(10(13)5-6)2-1-3-9(8)12/h4-5,9,11-13H,1-3H2. The molecule has 0 fully saturated rings. The van der Waals surface area contributed by atoms with Crippen LogP contribution in [0.5, 0.6) is 11.5 Å². The van der Waals surface area contributed by atoms with Crippen molar-refractivity contribution in [3.8, 4) is 11.5 Å². The normalized spacial score (nSPS) is 21.2. The fourth-order valence-corrected chi connectivity index (χ4v) is 1.86. The van der Waals surface area contributed by atoms with E-state index in [1.54, 1.807) is 0 Å². The van der Waals surface area contributed by atoms with Gasteiger partial charge in [0.2, 0.25) is 0 Å². The molecular formula is C10H12O3. The van der Waals surface area contributed by atoms with Gasteiger partial charge in [0, 0.05) is 6.07 Å². The zero-order valence-electron chi connectivity index (χ0n) is 7.20. The van der Waals surface area contributed by atoms with Crippen LogP contribution < -0.4 is 0 Å². The Morgan fingerprint density at radius 2 is 2.00 bits per heavy atom. The van der Waals surface area contributed by atoms with Gasteiger partial charge in [0.25, 0.3) is 0 Å². The average molecular weight is 180 g/mol. The van der Waals surface area contributed by atoms with Gasteiger partial charge in [-0.05, 0) is 36.5 Å². The number of aliphatic hydroxyl groups is 1. The smallest absolute Gasteiger partial charge is 0.122 e. The SMILES string of the molecule is Oc1cc(O)c2c(c1)C(O)CCC2.